The van der Waals surface area contributed by atoms with Crippen molar-refractivity contribution in [1.82, 2.24) is 0 Å². The topological polar surface area (TPSA) is 57.6 Å². The molecular weight excluding hydrogens is 276 g/mol. The zero-order valence-electron chi connectivity index (χ0n) is 9.77. The predicted octanol–water partition coefficient (Wildman–Crippen LogP) is 1.95. The lowest BCUT2D eigenvalue weighted by atomic mass is 10.1. The maximum Gasteiger partial charge on any atom is 0.338 e. The number of halogens is 2. The number of anilines is 1. The molecule has 4 nitrogen and oxygen atoms in total. The Labute approximate surface area is 113 Å². The number of nitrogens with zero attached hydrogens (tertiary/aromatic N) is 1. The summed E-state index contributed by atoms with van der Waals surface area (Å²) in [6.07, 6.45) is 0.225. The second-order valence-corrected chi connectivity index (χ2v) is 4.71. The van der Waals surface area contributed by atoms with E-state index in [2.05, 4.69) is 12.6 Å². The number of thiol groups is 1. The van der Waals surface area contributed by atoms with Crippen molar-refractivity contribution in [2.24, 2.45) is 5.92 Å². The fraction of sp³-hybridized carbons (Fsp3) is 0.333. The Morgan fingerprint density at radius 3 is 2.63 bits per heavy atom. The molecule has 102 valence electrons. The van der Waals surface area contributed by atoms with Crippen LogP contribution >= 0.6 is 12.6 Å². The van der Waals surface area contributed by atoms with Crippen molar-refractivity contribution in [2.45, 2.75) is 6.42 Å². The van der Waals surface area contributed by atoms with Gasteiger partial charge in [0, 0.05) is 19.0 Å². The molecule has 1 atom stereocenters. The highest BCUT2D eigenvalue weighted by Gasteiger charge is 2.32. The fourth-order valence-corrected chi connectivity index (χ4v) is 2.29. The molecule has 1 aliphatic heterocycles. The first-order valence-corrected chi connectivity index (χ1v) is 6.20. The van der Waals surface area contributed by atoms with Crippen LogP contribution in [0.3, 0.4) is 0 Å². The number of carbonyl (C=O) groups is 2. The maximum absolute atomic E-state index is 13.7. The Bertz CT molecular complexity index is 550. The van der Waals surface area contributed by atoms with E-state index < -0.39 is 23.2 Å². The van der Waals surface area contributed by atoms with Gasteiger partial charge in [0.1, 0.15) is 11.6 Å². The van der Waals surface area contributed by atoms with E-state index in [1.165, 1.54) is 0 Å². The monoisotopic (exact) mass is 287 g/mol. The number of amides is 1. The van der Waals surface area contributed by atoms with Gasteiger partial charge in [0.15, 0.2) is 0 Å². The summed E-state index contributed by atoms with van der Waals surface area (Å²) in [4.78, 5) is 23.7. The molecule has 1 saturated heterocycles. The van der Waals surface area contributed by atoms with Crippen LogP contribution in [-0.4, -0.2) is 29.3 Å². The Morgan fingerprint density at radius 1 is 1.42 bits per heavy atom. The molecule has 7 heteroatoms. The third-order valence-electron chi connectivity index (χ3n) is 3.02. The molecule has 0 bridgehead atoms. The first-order valence-electron chi connectivity index (χ1n) is 5.57. The van der Waals surface area contributed by atoms with Gasteiger partial charge in [-0.2, -0.15) is 12.6 Å². The summed E-state index contributed by atoms with van der Waals surface area (Å²) in [5.74, 6) is -3.48. The molecule has 1 heterocycles. The van der Waals surface area contributed by atoms with E-state index in [-0.39, 0.29) is 30.5 Å². The van der Waals surface area contributed by atoms with Gasteiger partial charge in [-0.1, -0.05) is 0 Å². The highest BCUT2D eigenvalue weighted by Crippen LogP contribution is 2.29. The van der Waals surface area contributed by atoms with Crippen molar-refractivity contribution in [3.05, 3.63) is 29.3 Å². The van der Waals surface area contributed by atoms with Crippen LogP contribution in [-0.2, 0) is 4.79 Å². The zero-order chi connectivity index (χ0) is 14.2. The van der Waals surface area contributed by atoms with Gasteiger partial charge in [-0.3, -0.25) is 4.79 Å². The first kappa shape index (κ1) is 13.8. The van der Waals surface area contributed by atoms with Crippen LogP contribution in [0.4, 0.5) is 14.5 Å². The Kier molecular flexibility index (Phi) is 3.75. The summed E-state index contributed by atoms with van der Waals surface area (Å²) in [6, 6.07) is 1.34. The quantitative estimate of drug-likeness (QED) is 0.835. The van der Waals surface area contributed by atoms with Crippen LogP contribution in [0, 0.1) is 17.6 Å². The van der Waals surface area contributed by atoms with Crippen molar-refractivity contribution in [3.63, 3.8) is 0 Å². The van der Waals surface area contributed by atoms with Crippen LogP contribution < -0.4 is 4.90 Å². The summed E-state index contributed by atoms with van der Waals surface area (Å²) in [5.41, 5.74) is -0.855. The average molecular weight is 287 g/mol. The van der Waals surface area contributed by atoms with Crippen LogP contribution in [0.25, 0.3) is 0 Å². The van der Waals surface area contributed by atoms with E-state index in [0.29, 0.717) is 11.8 Å². The summed E-state index contributed by atoms with van der Waals surface area (Å²) in [6.45, 7) is 0.254. The van der Waals surface area contributed by atoms with Crippen LogP contribution in [0.2, 0.25) is 0 Å². The van der Waals surface area contributed by atoms with Gasteiger partial charge in [-0.05, 0) is 17.7 Å². The molecule has 0 aliphatic carbocycles. The summed E-state index contributed by atoms with van der Waals surface area (Å²) >= 11 is 4.08. The van der Waals surface area contributed by atoms with Crippen molar-refractivity contribution >= 4 is 30.2 Å². The molecule has 0 saturated carbocycles. The summed E-state index contributed by atoms with van der Waals surface area (Å²) in [7, 11) is 0. The third-order valence-corrected chi connectivity index (χ3v) is 3.54. The van der Waals surface area contributed by atoms with Gasteiger partial charge >= 0.3 is 5.97 Å². The van der Waals surface area contributed by atoms with Crippen molar-refractivity contribution in [3.8, 4) is 0 Å². The lowest BCUT2D eigenvalue weighted by Gasteiger charge is -2.18. The molecule has 1 aromatic rings. The first-order chi connectivity index (χ1) is 8.93. The van der Waals surface area contributed by atoms with Gasteiger partial charge in [0.05, 0.1) is 11.3 Å². The second-order valence-electron chi connectivity index (χ2n) is 4.35. The molecule has 1 aromatic carbocycles. The van der Waals surface area contributed by atoms with Gasteiger partial charge in [0.25, 0.3) is 0 Å². The number of rotatable bonds is 3. The van der Waals surface area contributed by atoms with Gasteiger partial charge in [-0.15, -0.1) is 0 Å². The standard InChI is InChI=1S/C12H11F2NO3S/c13-8-3-9(14)10(2-7(8)12(17)18)15-4-6(5-19)1-11(15)16/h2-3,6,19H,1,4-5H2,(H,17,18). The van der Waals surface area contributed by atoms with Crippen molar-refractivity contribution in [2.75, 3.05) is 17.2 Å². The predicted molar refractivity (Wildman–Crippen MR) is 67.6 cm³/mol. The minimum Gasteiger partial charge on any atom is -0.478 e. The maximum atomic E-state index is 13.7. The van der Waals surface area contributed by atoms with E-state index in [4.69, 9.17) is 5.11 Å². The number of aromatic carboxylic acids is 1. The number of carboxylic acids is 1. The summed E-state index contributed by atoms with van der Waals surface area (Å²) in [5, 5.41) is 8.81. The second kappa shape index (κ2) is 5.16. The summed E-state index contributed by atoms with van der Waals surface area (Å²) < 4.78 is 27.0. The lowest BCUT2D eigenvalue weighted by Crippen LogP contribution is -2.26. The molecule has 0 spiro atoms. The molecule has 1 aliphatic rings. The van der Waals surface area contributed by atoms with Crippen LogP contribution in [0.1, 0.15) is 16.8 Å². The minimum absolute atomic E-state index is 0.0198. The van der Waals surface area contributed by atoms with E-state index in [9.17, 15) is 18.4 Å². The van der Waals surface area contributed by atoms with Crippen LogP contribution in [0.5, 0.6) is 0 Å². The molecule has 1 fully saturated rings. The molecule has 0 aromatic heterocycles. The number of benzene rings is 1. The normalized spacial score (nSPS) is 19.0. The Hall–Kier alpha value is -1.63. The molecule has 19 heavy (non-hydrogen) atoms. The molecule has 0 radical (unpaired) electrons. The Balaban J connectivity index is 2.42. The van der Waals surface area contributed by atoms with E-state index in [1.807, 2.05) is 0 Å². The molecule has 1 unspecified atom stereocenters. The van der Waals surface area contributed by atoms with Gasteiger partial charge < -0.3 is 10.0 Å². The lowest BCUT2D eigenvalue weighted by molar-refractivity contribution is -0.117. The highest BCUT2D eigenvalue weighted by molar-refractivity contribution is 7.80. The molecule has 2 rings (SSSR count). The Morgan fingerprint density at radius 2 is 2.11 bits per heavy atom. The van der Waals surface area contributed by atoms with E-state index in [1.54, 1.807) is 0 Å². The number of hydrogen-bond acceptors (Lipinski definition) is 3. The fourth-order valence-electron chi connectivity index (χ4n) is 2.04. The van der Waals surface area contributed by atoms with Gasteiger partial charge in [-0.25, -0.2) is 13.6 Å². The van der Waals surface area contributed by atoms with Crippen molar-refractivity contribution < 1.29 is 23.5 Å². The number of carbonyl (C=O) groups excluding carboxylic acids is 1. The van der Waals surface area contributed by atoms with E-state index in [0.717, 1.165) is 11.0 Å². The van der Waals surface area contributed by atoms with Gasteiger partial charge in [0.2, 0.25) is 5.91 Å². The largest absolute Gasteiger partial charge is 0.478 e. The number of carboxylic acid groups (broad SMARTS) is 1. The average Bonchev–Trinajstić information content (AvgIpc) is 2.70. The third kappa shape index (κ3) is 2.56. The van der Waals surface area contributed by atoms with Crippen LogP contribution in [0.15, 0.2) is 12.1 Å². The molecular formula is C12H11F2NO3S. The minimum atomic E-state index is -1.50. The van der Waals surface area contributed by atoms with E-state index >= 15 is 0 Å². The molecule has 1 N–H and O–H groups in total. The number of hydrogen-bond donors (Lipinski definition) is 2. The highest BCUT2D eigenvalue weighted by atomic mass is 32.1. The van der Waals surface area contributed by atoms with Crippen molar-refractivity contribution in [1.29, 1.82) is 0 Å². The SMILES string of the molecule is O=C(O)c1cc(N2CC(CS)CC2=O)c(F)cc1F. The smallest absolute Gasteiger partial charge is 0.338 e. The zero-order valence-corrected chi connectivity index (χ0v) is 10.7. The molecule has 1 amide bonds.